The Morgan fingerprint density at radius 2 is 2.10 bits per heavy atom. The van der Waals surface area contributed by atoms with Crippen LogP contribution in [0.15, 0.2) is 24.4 Å². The molecule has 0 amide bonds. The number of aromatic nitrogens is 2. The molecule has 0 radical (unpaired) electrons. The molecule has 114 valence electrons. The molecule has 1 heterocycles. The fraction of sp³-hybridized carbons (Fsp3) is 0.400. The molecule has 0 saturated heterocycles. The zero-order valence-corrected chi connectivity index (χ0v) is 13.4. The maximum atomic E-state index is 6.31. The van der Waals surface area contributed by atoms with Gasteiger partial charge in [0.15, 0.2) is 0 Å². The highest BCUT2D eigenvalue weighted by atomic mass is 35.5. The van der Waals surface area contributed by atoms with E-state index in [0.29, 0.717) is 5.02 Å². The maximum Gasteiger partial charge on any atom is 0.127 e. The summed E-state index contributed by atoms with van der Waals surface area (Å²) in [5.41, 5.74) is 1.91. The van der Waals surface area contributed by atoms with E-state index in [9.17, 15) is 0 Å². The number of ether oxygens (including phenoxy) is 2. The SMILES string of the molecule is CCn1ncc(Cl)c1C(NC)c1ccc(OC)cc1OC. The van der Waals surface area contributed by atoms with E-state index in [-0.39, 0.29) is 6.04 Å². The Kier molecular flexibility index (Phi) is 5.09. The number of aryl methyl sites for hydroxylation is 1. The van der Waals surface area contributed by atoms with E-state index in [1.165, 1.54) is 0 Å². The van der Waals surface area contributed by atoms with Crippen LogP contribution in [-0.4, -0.2) is 31.0 Å². The zero-order chi connectivity index (χ0) is 15.4. The van der Waals surface area contributed by atoms with Gasteiger partial charge in [-0.1, -0.05) is 11.6 Å². The molecule has 1 unspecified atom stereocenters. The van der Waals surface area contributed by atoms with Crippen LogP contribution in [-0.2, 0) is 6.54 Å². The largest absolute Gasteiger partial charge is 0.497 e. The lowest BCUT2D eigenvalue weighted by Gasteiger charge is -2.21. The Morgan fingerprint density at radius 1 is 1.33 bits per heavy atom. The van der Waals surface area contributed by atoms with Gasteiger partial charge in [-0.3, -0.25) is 4.68 Å². The quantitative estimate of drug-likeness (QED) is 0.891. The van der Waals surface area contributed by atoms with E-state index in [1.54, 1.807) is 20.4 Å². The van der Waals surface area contributed by atoms with Crippen LogP contribution in [0.5, 0.6) is 11.5 Å². The molecule has 1 aromatic carbocycles. The Morgan fingerprint density at radius 3 is 2.67 bits per heavy atom. The minimum absolute atomic E-state index is 0.110. The van der Waals surface area contributed by atoms with Gasteiger partial charge in [0.25, 0.3) is 0 Å². The minimum atomic E-state index is -0.110. The van der Waals surface area contributed by atoms with Crippen LogP contribution < -0.4 is 14.8 Å². The van der Waals surface area contributed by atoms with Gasteiger partial charge in [0.2, 0.25) is 0 Å². The van der Waals surface area contributed by atoms with Crippen LogP contribution in [0.25, 0.3) is 0 Å². The molecule has 0 spiro atoms. The molecule has 5 nitrogen and oxygen atoms in total. The highest BCUT2D eigenvalue weighted by molar-refractivity contribution is 6.31. The van der Waals surface area contributed by atoms with E-state index in [2.05, 4.69) is 10.4 Å². The summed E-state index contributed by atoms with van der Waals surface area (Å²) in [6, 6.07) is 5.63. The van der Waals surface area contributed by atoms with E-state index in [0.717, 1.165) is 29.3 Å². The van der Waals surface area contributed by atoms with Gasteiger partial charge in [-0.2, -0.15) is 5.10 Å². The molecule has 1 atom stereocenters. The molecule has 0 aliphatic heterocycles. The highest BCUT2D eigenvalue weighted by Gasteiger charge is 2.23. The van der Waals surface area contributed by atoms with Gasteiger partial charge in [-0.15, -0.1) is 0 Å². The van der Waals surface area contributed by atoms with Gasteiger partial charge >= 0.3 is 0 Å². The summed E-state index contributed by atoms with van der Waals surface area (Å²) < 4.78 is 12.6. The van der Waals surface area contributed by atoms with Crippen molar-refractivity contribution in [1.82, 2.24) is 15.1 Å². The second-order valence-corrected chi connectivity index (χ2v) is 4.93. The number of halogens is 1. The van der Waals surface area contributed by atoms with Gasteiger partial charge in [0.05, 0.1) is 37.2 Å². The normalized spacial score (nSPS) is 12.2. The molecule has 1 aromatic heterocycles. The molecular weight excluding hydrogens is 290 g/mol. The average molecular weight is 310 g/mol. The first kappa shape index (κ1) is 15.7. The van der Waals surface area contributed by atoms with Crippen LogP contribution in [0, 0.1) is 0 Å². The van der Waals surface area contributed by atoms with Crippen LogP contribution in [0.4, 0.5) is 0 Å². The predicted octanol–water partition coefficient (Wildman–Crippen LogP) is 2.88. The summed E-state index contributed by atoms with van der Waals surface area (Å²) in [7, 11) is 5.16. The van der Waals surface area contributed by atoms with Crippen molar-refractivity contribution in [1.29, 1.82) is 0 Å². The molecule has 21 heavy (non-hydrogen) atoms. The minimum Gasteiger partial charge on any atom is -0.497 e. The van der Waals surface area contributed by atoms with Gasteiger partial charge < -0.3 is 14.8 Å². The van der Waals surface area contributed by atoms with Gasteiger partial charge in [0, 0.05) is 18.2 Å². The number of methoxy groups -OCH3 is 2. The van der Waals surface area contributed by atoms with Crippen molar-refractivity contribution in [3.8, 4) is 11.5 Å². The molecule has 0 aliphatic carbocycles. The number of hydrogen-bond donors (Lipinski definition) is 1. The average Bonchev–Trinajstić information content (AvgIpc) is 2.89. The van der Waals surface area contributed by atoms with Crippen LogP contribution in [0.3, 0.4) is 0 Å². The molecule has 0 bridgehead atoms. The van der Waals surface area contributed by atoms with Crippen molar-refractivity contribution in [2.24, 2.45) is 0 Å². The van der Waals surface area contributed by atoms with Gasteiger partial charge in [-0.25, -0.2) is 0 Å². The summed E-state index contributed by atoms with van der Waals surface area (Å²) in [5, 5.41) is 8.21. The van der Waals surface area contributed by atoms with E-state index in [1.807, 2.05) is 36.9 Å². The molecule has 0 saturated carbocycles. The van der Waals surface area contributed by atoms with Crippen molar-refractivity contribution < 1.29 is 9.47 Å². The topological polar surface area (TPSA) is 48.3 Å². The first-order chi connectivity index (χ1) is 10.2. The van der Waals surface area contributed by atoms with E-state index in [4.69, 9.17) is 21.1 Å². The van der Waals surface area contributed by atoms with Crippen molar-refractivity contribution in [2.45, 2.75) is 19.5 Å². The Labute approximate surface area is 129 Å². The fourth-order valence-corrected chi connectivity index (χ4v) is 2.66. The van der Waals surface area contributed by atoms with Crippen LogP contribution in [0.1, 0.15) is 24.2 Å². The lowest BCUT2D eigenvalue weighted by molar-refractivity contribution is 0.387. The van der Waals surface area contributed by atoms with Crippen LogP contribution in [0.2, 0.25) is 5.02 Å². The number of hydrogen-bond acceptors (Lipinski definition) is 4. The number of nitrogens with zero attached hydrogens (tertiary/aromatic N) is 2. The first-order valence-corrected chi connectivity index (χ1v) is 7.14. The van der Waals surface area contributed by atoms with Crippen LogP contribution >= 0.6 is 11.6 Å². The second kappa shape index (κ2) is 6.83. The third kappa shape index (κ3) is 2.99. The van der Waals surface area contributed by atoms with Crippen molar-refractivity contribution >= 4 is 11.6 Å². The molecule has 6 heteroatoms. The molecule has 2 aromatic rings. The molecular formula is C15H20ClN3O2. The standard InChI is InChI=1S/C15H20ClN3O2/c1-5-19-15(12(16)9-18-19)14(17-2)11-7-6-10(20-3)8-13(11)21-4/h6-9,14,17H,5H2,1-4H3. The molecule has 1 N–H and O–H groups in total. The zero-order valence-electron chi connectivity index (χ0n) is 12.7. The lowest BCUT2D eigenvalue weighted by atomic mass is 10.0. The van der Waals surface area contributed by atoms with Gasteiger partial charge in [0.1, 0.15) is 11.5 Å². The summed E-state index contributed by atoms with van der Waals surface area (Å²) in [6.07, 6.45) is 1.67. The fourth-order valence-electron chi connectivity index (χ4n) is 2.41. The predicted molar refractivity (Wildman–Crippen MR) is 83.4 cm³/mol. The summed E-state index contributed by atoms with van der Waals surface area (Å²) in [6.45, 7) is 2.78. The summed E-state index contributed by atoms with van der Waals surface area (Å²) in [4.78, 5) is 0. The van der Waals surface area contributed by atoms with E-state index < -0.39 is 0 Å². The summed E-state index contributed by atoms with van der Waals surface area (Å²) >= 11 is 6.31. The van der Waals surface area contributed by atoms with Gasteiger partial charge in [-0.05, 0) is 26.1 Å². The molecule has 0 aliphatic rings. The molecule has 0 fully saturated rings. The van der Waals surface area contributed by atoms with Crippen molar-refractivity contribution in [3.05, 3.63) is 40.7 Å². The highest BCUT2D eigenvalue weighted by Crippen LogP contribution is 2.35. The monoisotopic (exact) mass is 309 g/mol. The Bertz CT molecular complexity index is 613. The van der Waals surface area contributed by atoms with Crippen molar-refractivity contribution in [2.75, 3.05) is 21.3 Å². The second-order valence-electron chi connectivity index (χ2n) is 4.52. The van der Waals surface area contributed by atoms with E-state index >= 15 is 0 Å². The smallest absolute Gasteiger partial charge is 0.127 e. The number of benzene rings is 1. The number of rotatable bonds is 6. The molecule has 2 rings (SSSR count). The maximum absolute atomic E-state index is 6.31. The third-order valence-electron chi connectivity index (χ3n) is 3.45. The lowest BCUT2D eigenvalue weighted by Crippen LogP contribution is -2.22. The Hall–Kier alpha value is -1.72. The first-order valence-electron chi connectivity index (χ1n) is 6.76. The number of nitrogens with one attached hydrogen (secondary N) is 1. The summed E-state index contributed by atoms with van der Waals surface area (Å²) in [5.74, 6) is 1.49. The Balaban J connectivity index is 2.53. The van der Waals surface area contributed by atoms with Crippen molar-refractivity contribution in [3.63, 3.8) is 0 Å². The third-order valence-corrected chi connectivity index (χ3v) is 3.74.